The standard InChI is InChI=1S/C15H18F3N3O3/c1-9-8-10(20-12(19-9)15(16,17)18)11(22)21-14(13(23)24)6-4-2-3-5-7-14/h8H,2-7H2,1H3,(H,21,22)(H,23,24). The normalized spacial score (nSPS) is 17.8. The zero-order valence-corrected chi connectivity index (χ0v) is 13.1. The molecule has 1 saturated carbocycles. The molecule has 1 fully saturated rings. The third-order valence-electron chi connectivity index (χ3n) is 4.06. The first-order valence-corrected chi connectivity index (χ1v) is 7.63. The number of carboxylic acid groups (broad SMARTS) is 1. The number of alkyl halides is 3. The molecule has 0 bridgehead atoms. The third-order valence-corrected chi connectivity index (χ3v) is 4.06. The Kier molecular flexibility index (Phi) is 5.10. The van der Waals surface area contributed by atoms with Crippen molar-refractivity contribution in [1.82, 2.24) is 15.3 Å². The molecule has 1 heterocycles. The largest absolute Gasteiger partial charge is 0.480 e. The number of carbonyl (C=O) groups is 2. The molecule has 0 radical (unpaired) electrons. The summed E-state index contributed by atoms with van der Waals surface area (Å²) in [4.78, 5) is 30.5. The van der Waals surface area contributed by atoms with Gasteiger partial charge in [0.1, 0.15) is 11.2 Å². The molecule has 2 N–H and O–H groups in total. The SMILES string of the molecule is Cc1cc(C(=O)NC2(C(=O)O)CCCCCC2)nc(C(F)(F)F)n1. The van der Waals surface area contributed by atoms with Gasteiger partial charge in [0, 0.05) is 5.69 Å². The Labute approximate surface area is 136 Å². The van der Waals surface area contributed by atoms with E-state index in [2.05, 4.69) is 15.3 Å². The molecule has 0 saturated heterocycles. The van der Waals surface area contributed by atoms with E-state index in [9.17, 15) is 27.9 Å². The predicted octanol–water partition coefficient (Wildman–Crippen LogP) is 2.71. The number of nitrogens with zero attached hydrogens (tertiary/aromatic N) is 2. The number of nitrogens with one attached hydrogen (secondary N) is 1. The first-order valence-electron chi connectivity index (χ1n) is 7.63. The van der Waals surface area contributed by atoms with Gasteiger partial charge in [0.05, 0.1) is 0 Å². The van der Waals surface area contributed by atoms with Crippen molar-refractivity contribution in [1.29, 1.82) is 0 Å². The Morgan fingerprint density at radius 3 is 2.25 bits per heavy atom. The molecule has 1 amide bonds. The van der Waals surface area contributed by atoms with Gasteiger partial charge in [0.25, 0.3) is 5.91 Å². The van der Waals surface area contributed by atoms with E-state index in [1.807, 2.05) is 0 Å². The summed E-state index contributed by atoms with van der Waals surface area (Å²) in [6.45, 7) is 1.31. The summed E-state index contributed by atoms with van der Waals surface area (Å²) in [5.41, 5.74) is -1.97. The molecule has 0 aliphatic heterocycles. The lowest BCUT2D eigenvalue weighted by atomic mass is 9.90. The molecule has 0 atom stereocenters. The topological polar surface area (TPSA) is 92.2 Å². The molecule has 1 aromatic heterocycles. The number of carboxylic acids is 1. The predicted molar refractivity (Wildman–Crippen MR) is 77.3 cm³/mol. The van der Waals surface area contributed by atoms with Gasteiger partial charge in [-0.25, -0.2) is 14.8 Å². The van der Waals surface area contributed by atoms with Crippen LogP contribution >= 0.6 is 0 Å². The summed E-state index contributed by atoms with van der Waals surface area (Å²) < 4.78 is 38.3. The molecule has 0 aromatic carbocycles. The number of rotatable bonds is 3. The molecule has 0 spiro atoms. The highest BCUT2D eigenvalue weighted by Crippen LogP contribution is 2.29. The average Bonchev–Trinajstić information content (AvgIpc) is 2.72. The lowest BCUT2D eigenvalue weighted by Gasteiger charge is -2.29. The van der Waals surface area contributed by atoms with Crippen molar-refractivity contribution in [2.45, 2.75) is 57.2 Å². The number of hydrogen-bond acceptors (Lipinski definition) is 4. The van der Waals surface area contributed by atoms with E-state index in [4.69, 9.17) is 0 Å². The third kappa shape index (κ3) is 4.01. The highest BCUT2D eigenvalue weighted by Gasteiger charge is 2.41. The minimum Gasteiger partial charge on any atom is -0.480 e. The van der Waals surface area contributed by atoms with Crippen molar-refractivity contribution in [3.05, 3.63) is 23.3 Å². The first kappa shape index (κ1) is 18.2. The van der Waals surface area contributed by atoms with Gasteiger partial charge in [-0.1, -0.05) is 25.7 Å². The van der Waals surface area contributed by atoms with Crippen molar-refractivity contribution in [2.75, 3.05) is 0 Å². The number of halogens is 3. The number of aryl methyl sites for hydroxylation is 1. The van der Waals surface area contributed by atoms with Crippen LogP contribution in [0.4, 0.5) is 13.2 Å². The number of aliphatic carboxylic acids is 1. The second kappa shape index (κ2) is 6.74. The molecule has 24 heavy (non-hydrogen) atoms. The molecule has 1 aliphatic rings. The molecule has 132 valence electrons. The first-order chi connectivity index (χ1) is 11.1. The van der Waals surface area contributed by atoms with Crippen molar-refractivity contribution < 1.29 is 27.9 Å². The second-order valence-electron chi connectivity index (χ2n) is 5.97. The number of amides is 1. The fourth-order valence-corrected chi connectivity index (χ4v) is 2.82. The second-order valence-corrected chi connectivity index (χ2v) is 5.97. The maximum Gasteiger partial charge on any atom is 0.451 e. The van der Waals surface area contributed by atoms with E-state index in [0.29, 0.717) is 12.8 Å². The molecule has 9 heteroatoms. The Balaban J connectivity index is 2.30. The van der Waals surface area contributed by atoms with Gasteiger partial charge in [0.2, 0.25) is 5.82 Å². The van der Waals surface area contributed by atoms with Gasteiger partial charge in [-0.3, -0.25) is 4.79 Å². The summed E-state index contributed by atoms with van der Waals surface area (Å²) in [5, 5.41) is 11.9. The molecule has 1 aromatic rings. The number of hydrogen-bond donors (Lipinski definition) is 2. The monoisotopic (exact) mass is 345 g/mol. The zero-order chi connectivity index (χ0) is 18.0. The Morgan fingerprint density at radius 1 is 1.17 bits per heavy atom. The van der Waals surface area contributed by atoms with Gasteiger partial charge >= 0.3 is 12.1 Å². The Bertz CT molecular complexity index is 639. The van der Waals surface area contributed by atoms with Crippen LogP contribution in [0.25, 0.3) is 0 Å². The van der Waals surface area contributed by atoms with Crippen molar-refractivity contribution >= 4 is 11.9 Å². The summed E-state index contributed by atoms with van der Waals surface area (Å²) in [5.74, 6) is -3.53. The van der Waals surface area contributed by atoms with Gasteiger partial charge in [-0.15, -0.1) is 0 Å². The van der Waals surface area contributed by atoms with Gasteiger partial charge in [0.15, 0.2) is 0 Å². The van der Waals surface area contributed by atoms with E-state index in [-0.39, 0.29) is 18.5 Å². The number of aromatic nitrogens is 2. The molecule has 2 rings (SSSR count). The quantitative estimate of drug-likeness (QED) is 0.822. The van der Waals surface area contributed by atoms with Crippen LogP contribution in [0.1, 0.15) is 60.5 Å². The highest BCUT2D eigenvalue weighted by molar-refractivity contribution is 5.96. The highest BCUT2D eigenvalue weighted by atomic mass is 19.4. The maximum atomic E-state index is 12.8. The van der Waals surface area contributed by atoms with Gasteiger partial charge in [-0.2, -0.15) is 13.2 Å². The minimum atomic E-state index is -4.78. The molecular formula is C15H18F3N3O3. The van der Waals surface area contributed by atoms with E-state index in [1.54, 1.807) is 0 Å². The van der Waals surface area contributed by atoms with Crippen molar-refractivity contribution in [2.24, 2.45) is 0 Å². The van der Waals surface area contributed by atoms with E-state index < -0.39 is 35.1 Å². The van der Waals surface area contributed by atoms with Gasteiger partial charge < -0.3 is 10.4 Å². The molecule has 6 nitrogen and oxygen atoms in total. The molecular weight excluding hydrogens is 327 g/mol. The summed E-state index contributed by atoms with van der Waals surface area (Å²) >= 11 is 0. The Hall–Kier alpha value is -2.19. The van der Waals surface area contributed by atoms with E-state index in [0.717, 1.165) is 18.9 Å². The van der Waals surface area contributed by atoms with Crippen LogP contribution in [-0.2, 0) is 11.0 Å². The fraction of sp³-hybridized carbons (Fsp3) is 0.600. The van der Waals surface area contributed by atoms with Crippen LogP contribution in [0.5, 0.6) is 0 Å². The summed E-state index contributed by atoms with van der Waals surface area (Å²) in [6.07, 6.45) is -1.33. The average molecular weight is 345 g/mol. The smallest absolute Gasteiger partial charge is 0.451 e. The fourth-order valence-electron chi connectivity index (χ4n) is 2.82. The lowest BCUT2D eigenvalue weighted by molar-refractivity contribution is -0.146. The lowest BCUT2D eigenvalue weighted by Crippen LogP contribution is -2.54. The number of carbonyl (C=O) groups excluding carboxylic acids is 1. The van der Waals surface area contributed by atoms with E-state index >= 15 is 0 Å². The maximum absolute atomic E-state index is 12.8. The van der Waals surface area contributed by atoms with Crippen LogP contribution in [0.2, 0.25) is 0 Å². The van der Waals surface area contributed by atoms with E-state index in [1.165, 1.54) is 6.92 Å². The van der Waals surface area contributed by atoms with Crippen LogP contribution < -0.4 is 5.32 Å². The van der Waals surface area contributed by atoms with Crippen molar-refractivity contribution in [3.63, 3.8) is 0 Å². The Morgan fingerprint density at radius 2 is 1.75 bits per heavy atom. The minimum absolute atomic E-state index is 0.0206. The van der Waals surface area contributed by atoms with Crippen LogP contribution in [0.15, 0.2) is 6.07 Å². The van der Waals surface area contributed by atoms with Crippen LogP contribution in [0, 0.1) is 6.92 Å². The van der Waals surface area contributed by atoms with Crippen LogP contribution in [0.3, 0.4) is 0 Å². The van der Waals surface area contributed by atoms with Gasteiger partial charge in [-0.05, 0) is 25.8 Å². The molecule has 1 aliphatic carbocycles. The zero-order valence-electron chi connectivity index (χ0n) is 13.1. The summed E-state index contributed by atoms with van der Waals surface area (Å²) in [7, 11) is 0. The summed E-state index contributed by atoms with van der Waals surface area (Å²) in [6, 6.07) is 1.11. The molecule has 0 unspecified atom stereocenters. The van der Waals surface area contributed by atoms with Crippen molar-refractivity contribution in [3.8, 4) is 0 Å². The van der Waals surface area contributed by atoms with Crippen LogP contribution in [-0.4, -0.2) is 32.5 Å².